The minimum absolute atomic E-state index is 0.0134. The minimum Gasteiger partial charge on any atom is -0.347 e. The average Bonchev–Trinajstić information content (AvgIpc) is 3.36. The number of carbonyl (C=O) groups is 2. The molecule has 2 fully saturated rings. The highest BCUT2D eigenvalue weighted by Gasteiger charge is 2.34. The number of nitrogens with zero attached hydrogens (tertiary/aromatic N) is 2. The number of pyridine rings is 1. The number of amides is 2. The quantitative estimate of drug-likeness (QED) is 0.876. The average molecular weight is 315 g/mol. The Kier molecular flexibility index (Phi) is 4.94. The van der Waals surface area contributed by atoms with E-state index in [4.69, 9.17) is 0 Å². The van der Waals surface area contributed by atoms with Crippen LogP contribution < -0.4 is 5.32 Å². The fourth-order valence-corrected chi connectivity index (χ4v) is 3.18. The molecule has 1 saturated carbocycles. The lowest BCUT2D eigenvalue weighted by Crippen LogP contribution is -2.39. The van der Waals surface area contributed by atoms with Crippen molar-refractivity contribution >= 4 is 11.8 Å². The monoisotopic (exact) mass is 315 g/mol. The summed E-state index contributed by atoms with van der Waals surface area (Å²) in [5, 5.41) is 3.14. The highest BCUT2D eigenvalue weighted by atomic mass is 16.2. The van der Waals surface area contributed by atoms with Gasteiger partial charge in [-0.1, -0.05) is 6.07 Å². The summed E-state index contributed by atoms with van der Waals surface area (Å²) < 4.78 is 0. The van der Waals surface area contributed by atoms with E-state index in [0.29, 0.717) is 25.3 Å². The largest absolute Gasteiger partial charge is 0.347 e. The first-order chi connectivity index (χ1) is 11.1. The molecule has 23 heavy (non-hydrogen) atoms. The van der Waals surface area contributed by atoms with Gasteiger partial charge in [-0.05, 0) is 50.7 Å². The van der Waals surface area contributed by atoms with Gasteiger partial charge in [-0.15, -0.1) is 0 Å². The van der Waals surface area contributed by atoms with Crippen molar-refractivity contribution in [1.82, 2.24) is 15.2 Å². The van der Waals surface area contributed by atoms with E-state index in [0.717, 1.165) is 43.6 Å². The summed E-state index contributed by atoms with van der Waals surface area (Å²) in [4.78, 5) is 30.5. The van der Waals surface area contributed by atoms with Crippen LogP contribution in [-0.2, 0) is 9.59 Å². The van der Waals surface area contributed by atoms with Crippen molar-refractivity contribution in [3.05, 3.63) is 29.6 Å². The van der Waals surface area contributed by atoms with Gasteiger partial charge in [-0.2, -0.15) is 0 Å². The second-order valence-corrected chi connectivity index (χ2v) is 6.67. The number of aryl methyl sites for hydroxylation is 1. The molecule has 0 spiro atoms. The molecule has 2 heterocycles. The summed E-state index contributed by atoms with van der Waals surface area (Å²) in [6.45, 7) is 3.29. The van der Waals surface area contributed by atoms with Crippen molar-refractivity contribution in [2.75, 3.05) is 13.1 Å². The number of likely N-dealkylation sites (tertiary alicyclic amines) is 1. The van der Waals surface area contributed by atoms with Crippen LogP contribution in [0, 0.1) is 12.8 Å². The number of hydrogen-bond donors (Lipinski definition) is 1. The van der Waals surface area contributed by atoms with Crippen molar-refractivity contribution in [3.63, 3.8) is 0 Å². The molecule has 1 aliphatic carbocycles. The Hall–Kier alpha value is -1.91. The van der Waals surface area contributed by atoms with E-state index in [9.17, 15) is 9.59 Å². The van der Waals surface area contributed by atoms with Crippen LogP contribution in [0.25, 0.3) is 0 Å². The molecule has 0 aromatic carbocycles. The Morgan fingerprint density at radius 1 is 1.39 bits per heavy atom. The zero-order valence-corrected chi connectivity index (χ0v) is 13.8. The molecule has 0 unspecified atom stereocenters. The molecule has 3 rings (SSSR count). The molecule has 0 radical (unpaired) electrons. The first-order valence-corrected chi connectivity index (χ1v) is 8.64. The van der Waals surface area contributed by atoms with Crippen LogP contribution in [-0.4, -0.2) is 34.8 Å². The maximum absolute atomic E-state index is 12.3. The van der Waals surface area contributed by atoms with Gasteiger partial charge in [0.2, 0.25) is 11.8 Å². The predicted octanol–water partition coefficient (Wildman–Crippen LogP) is 2.36. The van der Waals surface area contributed by atoms with Crippen LogP contribution >= 0.6 is 0 Å². The Balaban J connectivity index is 1.55. The fourth-order valence-electron chi connectivity index (χ4n) is 3.18. The lowest BCUT2D eigenvalue weighted by molar-refractivity contribution is -0.133. The minimum atomic E-state index is 0.0134. The number of nitrogens with one attached hydrogen (secondary N) is 1. The van der Waals surface area contributed by atoms with E-state index in [1.54, 1.807) is 0 Å². The Morgan fingerprint density at radius 3 is 2.91 bits per heavy atom. The van der Waals surface area contributed by atoms with Crippen molar-refractivity contribution < 1.29 is 9.59 Å². The fraction of sp³-hybridized carbons (Fsp3) is 0.611. The van der Waals surface area contributed by atoms with Crippen LogP contribution in [0.3, 0.4) is 0 Å². The van der Waals surface area contributed by atoms with Crippen LogP contribution in [0.1, 0.15) is 56.0 Å². The van der Waals surface area contributed by atoms with Crippen molar-refractivity contribution in [2.45, 2.75) is 51.5 Å². The van der Waals surface area contributed by atoms with Gasteiger partial charge < -0.3 is 10.2 Å². The van der Waals surface area contributed by atoms with Gasteiger partial charge in [0.1, 0.15) is 0 Å². The molecule has 5 heteroatoms. The molecule has 1 atom stereocenters. The first-order valence-electron chi connectivity index (χ1n) is 8.64. The zero-order chi connectivity index (χ0) is 16.2. The normalized spacial score (nSPS) is 19.5. The summed E-state index contributed by atoms with van der Waals surface area (Å²) in [5.74, 6) is 0.705. The van der Waals surface area contributed by atoms with Crippen molar-refractivity contribution in [3.8, 4) is 0 Å². The third kappa shape index (κ3) is 4.30. The van der Waals surface area contributed by atoms with E-state index >= 15 is 0 Å². The predicted molar refractivity (Wildman–Crippen MR) is 87.6 cm³/mol. The molecule has 1 aromatic rings. The highest BCUT2D eigenvalue weighted by Crippen LogP contribution is 2.40. The second-order valence-electron chi connectivity index (χ2n) is 6.67. The van der Waals surface area contributed by atoms with Gasteiger partial charge in [-0.25, -0.2) is 0 Å². The van der Waals surface area contributed by atoms with Crippen LogP contribution in [0.4, 0.5) is 0 Å². The molecular weight excluding hydrogens is 290 g/mol. The Labute approximate surface area is 137 Å². The smallest absolute Gasteiger partial charge is 0.222 e. The molecule has 0 bridgehead atoms. The van der Waals surface area contributed by atoms with Gasteiger partial charge in [0.05, 0.1) is 11.7 Å². The summed E-state index contributed by atoms with van der Waals surface area (Å²) in [7, 11) is 0. The van der Waals surface area contributed by atoms with E-state index < -0.39 is 0 Å². The zero-order valence-electron chi connectivity index (χ0n) is 13.8. The van der Waals surface area contributed by atoms with Crippen LogP contribution in [0.15, 0.2) is 18.2 Å². The SMILES string of the molecule is Cc1cccc([C@@H](NC(=O)CCN2CCCCC2=O)C2CC2)n1. The van der Waals surface area contributed by atoms with Gasteiger partial charge in [0.15, 0.2) is 0 Å². The second kappa shape index (κ2) is 7.11. The lowest BCUT2D eigenvalue weighted by atomic mass is 10.1. The topological polar surface area (TPSA) is 62.3 Å². The number of aromatic nitrogens is 1. The first kappa shape index (κ1) is 16.0. The van der Waals surface area contributed by atoms with Crippen LogP contribution in [0.5, 0.6) is 0 Å². The molecule has 2 amide bonds. The molecule has 124 valence electrons. The Morgan fingerprint density at radius 2 is 2.22 bits per heavy atom. The standard InChI is InChI=1S/C18H25N3O2/c1-13-5-4-6-15(19-13)18(14-8-9-14)20-16(22)10-12-21-11-3-2-7-17(21)23/h4-6,14,18H,2-3,7-12H2,1H3,(H,20,22)/t18-/m0/s1. The van der Waals surface area contributed by atoms with Crippen LogP contribution in [0.2, 0.25) is 0 Å². The van der Waals surface area contributed by atoms with E-state index in [1.807, 2.05) is 30.0 Å². The molecule has 1 aliphatic heterocycles. The van der Waals surface area contributed by atoms with E-state index in [2.05, 4.69) is 10.3 Å². The van der Waals surface area contributed by atoms with E-state index in [1.165, 1.54) is 0 Å². The number of rotatable bonds is 6. The molecule has 5 nitrogen and oxygen atoms in total. The summed E-state index contributed by atoms with van der Waals surface area (Å²) in [5.41, 5.74) is 1.93. The van der Waals surface area contributed by atoms with E-state index in [-0.39, 0.29) is 17.9 Å². The van der Waals surface area contributed by atoms with Crippen molar-refractivity contribution in [1.29, 1.82) is 0 Å². The summed E-state index contributed by atoms with van der Waals surface area (Å²) in [6.07, 6.45) is 5.31. The van der Waals surface area contributed by atoms with Gasteiger partial charge >= 0.3 is 0 Å². The Bertz CT molecular complexity index is 583. The number of carbonyl (C=O) groups excluding carboxylic acids is 2. The molecule has 1 N–H and O–H groups in total. The summed E-state index contributed by atoms with van der Waals surface area (Å²) >= 11 is 0. The molecule has 1 aromatic heterocycles. The molecule has 2 aliphatic rings. The third-order valence-corrected chi connectivity index (χ3v) is 4.67. The summed E-state index contributed by atoms with van der Waals surface area (Å²) in [6, 6.07) is 5.97. The maximum atomic E-state index is 12.3. The maximum Gasteiger partial charge on any atom is 0.222 e. The third-order valence-electron chi connectivity index (χ3n) is 4.67. The number of hydrogen-bond acceptors (Lipinski definition) is 3. The number of piperidine rings is 1. The molecular formula is C18H25N3O2. The molecule has 1 saturated heterocycles. The van der Waals surface area contributed by atoms with Gasteiger partial charge in [0.25, 0.3) is 0 Å². The lowest BCUT2D eigenvalue weighted by Gasteiger charge is -2.27. The highest BCUT2D eigenvalue weighted by molar-refractivity contribution is 5.79. The van der Waals surface area contributed by atoms with Gasteiger partial charge in [0, 0.05) is 31.6 Å². The van der Waals surface area contributed by atoms with Crippen molar-refractivity contribution in [2.24, 2.45) is 5.92 Å². The van der Waals surface area contributed by atoms with Gasteiger partial charge in [-0.3, -0.25) is 14.6 Å².